The van der Waals surface area contributed by atoms with Crippen LogP contribution in [0.25, 0.3) is 0 Å². The number of ether oxygens (including phenoxy) is 1. The first-order valence-electron chi connectivity index (χ1n) is 5.22. The Hall–Kier alpha value is -1.93. The molecular formula is C9H15N7O. The van der Waals surface area contributed by atoms with Crippen molar-refractivity contribution < 1.29 is 4.74 Å². The molecule has 1 unspecified atom stereocenters. The van der Waals surface area contributed by atoms with Crippen LogP contribution in [0.4, 0.5) is 0 Å². The fourth-order valence-electron chi connectivity index (χ4n) is 1.72. The van der Waals surface area contributed by atoms with Crippen LogP contribution in [-0.4, -0.2) is 32.1 Å². The molecule has 0 aliphatic rings. The normalized spacial score (nSPS) is 12.6. The summed E-state index contributed by atoms with van der Waals surface area (Å²) in [4.78, 5) is 4.09. The zero-order chi connectivity index (χ0) is 12.3. The lowest BCUT2D eigenvalue weighted by atomic mass is 10.2. The summed E-state index contributed by atoms with van der Waals surface area (Å²) >= 11 is 0. The summed E-state index contributed by atoms with van der Waals surface area (Å²) in [7, 11) is 1.59. The van der Waals surface area contributed by atoms with Gasteiger partial charge in [0.1, 0.15) is 23.9 Å². The number of aromatic amines is 1. The molecule has 0 bridgehead atoms. The molecule has 2 heterocycles. The van der Waals surface area contributed by atoms with Crippen molar-refractivity contribution in [2.45, 2.75) is 19.5 Å². The standard InChI is InChI=1S/C9H15N7O/c1-3-16-8(6(17-2)4-13-16)7(14-10)9-11-5-12-15-9/h4-5,7,14H,3,10H2,1-2H3,(H,11,12,15). The smallest absolute Gasteiger partial charge is 0.162 e. The van der Waals surface area contributed by atoms with Crippen molar-refractivity contribution in [1.82, 2.24) is 30.4 Å². The predicted molar refractivity (Wildman–Crippen MR) is 60.0 cm³/mol. The number of methoxy groups -OCH3 is 1. The highest BCUT2D eigenvalue weighted by Crippen LogP contribution is 2.27. The third-order valence-electron chi connectivity index (χ3n) is 2.51. The van der Waals surface area contributed by atoms with E-state index in [-0.39, 0.29) is 6.04 Å². The molecule has 8 heteroatoms. The van der Waals surface area contributed by atoms with Gasteiger partial charge < -0.3 is 4.74 Å². The molecule has 2 aromatic heterocycles. The molecular weight excluding hydrogens is 222 g/mol. The second-order valence-electron chi connectivity index (χ2n) is 3.38. The van der Waals surface area contributed by atoms with Gasteiger partial charge in [0.25, 0.3) is 0 Å². The molecule has 2 rings (SSSR count). The molecule has 0 saturated heterocycles. The van der Waals surface area contributed by atoms with Gasteiger partial charge in [-0.3, -0.25) is 15.6 Å². The Balaban J connectivity index is 2.46. The van der Waals surface area contributed by atoms with Crippen molar-refractivity contribution in [2.75, 3.05) is 7.11 Å². The fraction of sp³-hybridized carbons (Fsp3) is 0.444. The van der Waals surface area contributed by atoms with E-state index in [1.54, 1.807) is 18.0 Å². The summed E-state index contributed by atoms with van der Waals surface area (Å²) in [6.07, 6.45) is 3.08. The maximum Gasteiger partial charge on any atom is 0.162 e. The average molecular weight is 237 g/mol. The van der Waals surface area contributed by atoms with Gasteiger partial charge in [0.15, 0.2) is 5.75 Å². The molecule has 0 radical (unpaired) electrons. The largest absolute Gasteiger partial charge is 0.493 e. The number of rotatable bonds is 5. The van der Waals surface area contributed by atoms with Gasteiger partial charge in [0.05, 0.1) is 13.3 Å². The maximum atomic E-state index is 5.57. The predicted octanol–water partition coefficient (Wildman–Crippen LogP) is -0.418. The van der Waals surface area contributed by atoms with E-state index in [0.29, 0.717) is 18.1 Å². The first-order valence-corrected chi connectivity index (χ1v) is 5.22. The second kappa shape index (κ2) is 4.93. The molecule has 4 N–H and O–H groups in total. The lowest BCUT2D eigenvalue weighted by molar-refractivity contribution is 0.397. The Labute approximate surface area is 98.1 Å². The van der Waals surface area contributed by atoms with E-state index in [0.717, 1.165) is 5.69 Å². The van der Waals surface area contributed by atoms with Gasteiger partial charge in [-0.25, -0.2) is 10.4 Å². The van der Waals surface area contributed by atoms with E-state index in [2.05, 4.69) is 25.7 Å². The van der Waals surface area contributed by atoms with Crippen LogP contribution in [0.1, 0.15) is 24.5 Å². The quantitative estimate of drug-likeness (QED) is 0.482. The first-order chi connectivity index (χ1) is 8.31. The van der Waals surface area contributed by atoms with Crippen molar-refractivity contribution in [3.05, 3.63) is 24.0 Å². The van der Waals surface area contributed by atoms with Crippen LogP contribution in [0.2, 0.25) is 0 Å². The minimum Gasteiger partial charge on any atom is -0.493 e. The molecule has 0 amide bonds. The highest BCUT2D eigenvalue weighted by Gasteiger charge is 2.24. The summed E-state index contributed by atoms with van der Waals surface area (Å²) in [5.41, 5.74) is 3.50. The van der Waals surface area contributed by atoms with E-state index >= 15 is 0 Å². The van der Waals surface area contributed by atoms with E-state index in [1.807, 2.05) is 6.92 Å². The molecule has 8 nitrogen and oxygen atoms in total. The molecule has 0 aliphatic heterocycles. The van der Waals surface area contributed by atoms with Crippen molar-refractivity contribution in [3.63, 3.8) is 0 Å². The van der Waals surface area contributed by atoms with Gasteiger partial charge in [-0.2, -0.15) is 10.2 Å². The van der Waals surface area contributed by atoms with Gasteiger partial charge in [0, 0.05) is 6.54 Å². The van der Waals surface area contributed by atoms with E-state index < -0.39 is 0 Å². The van der Waals surface area contributed by atoms with Gasteiger partial charge in [-0.1, -0.05) is 0 Å². The molecule has 1 atom stereocenters. The van der Waals surface area contributed by atoms with Crippen molar-refractivity contribution in [2.24, 2.45) is 5.84 Å². The summed E-state index contributed by atoms with van der Waals surface area (Å²) in [6.45, 7) is 2.70. The lowest BCUT2D eigenvalue weighted by Crippen LogP contribution is -2.31. The van der Waals surface area contributed by atoms with Crippen LogP contribution in [0.3, 0.4) is 0 Å². The second-order valence-corrected chi connectivity index (χ2v) is 3.38. The number of H-pyrrole nitrogens is 1. The summed E-state index contributed by atoms with van der Waals surface area (Å²) < 4.78 is 7.07. The van der Waals surface area contributed by atoms with Crippen molar-refractivity contribution in [1.29, 1.82) is 0 Å². The number of hydrogen-bond donors (Lipinski definition) is 3. The van der Waals surface area contributed by atoms with E-state index in [9.17, 15) is 0 Å². The highest BCUT2D eigenvalue weighted by atomic mass is 16.5. The van der Waals surface area contributed by atoms with Crippen molar-refractivity contribution in [3.8, 4) is 5.75 Å². The molecule has 0 spiro atoms. The Bertz CT molecular complexity index is 442. The zero-order valence-electron chi connectivity index (χ0n) is 9.71. The van der Waals surface area contributed by atoms with Crippen LogP contribution in [-0.2, 0) is 6.54 Å². The number of aromatic nitrogens is 5. The third kappa shape index (κ3) is 1.99. The molecule has 92 valence electrons. The minimum atomic E-state index is -0.338. The van der Waals surface area contributed by atoms with Crippen LogP contribution >= 0.6 is 0 Å². The molecule has 0 aromatic carbocycles. The monoisotopic (exact) mass is 237 g/mol. The van der Waals surface area contributed by atoms with Gasteiger partial charge in [-0.15, -0.1) is 0 Å². The topological polar surface area (TPSA) is 107 Å². The third-order valence-corrected chi connectivity index (χ3v) is 2.51. The molecule has 2 aromatic rings. The average Bonchev–Trinajstić information content (AvgIpc) is 2.99. The Morgan fingerprint density at radius 1 is 1.65 bits per heavy atom. The lowest BCUT2D eigenvalue weighted by Gasteiger charge is -2.15. The Morgan fingerprint density at radius 3 is 3.00 bits per heavy atom. The number of nitrogens with zero attached hydrogens (tertiary/aromatic N) is 4. The van der Waals surface area contributed by atoms with Gasteiger partial charge >= 0.3 is 0 Å². The van der Waals surface area contributed by atoms with Crippen LogP contribution in [0, 0.1) is 0 Å². The van der Waals surface area contributed by atoms with Crippen LogP contribution < -0.4 is 16.0 Å². The summed E-state index contributed by atoms with van der Waals surface area (Å²) in [5, 5.41) is 10.8. The van der Waals surface area contributed by atoms with Gasteiger partial charge in [-0.05, 0) is 6.92 Å². The number of nitrogens with one attached hydrogen (secondary N) is 2. The molecule has 0 aliphatic carbocycles. The SMILES string of the molecule is CCn1ncc(OC)c1C(NN)c1ncn[nH]1. The maximum absolute atomic E-state index is 5.57. The number of hydrazine groups is 1. The number of nitrogens with two attached hydrogens (primary N) is 1. The Kier molecular flexibility index (Phi) is 3.35. The first kappa shape index (κ1) is 11.6. The van der Waals surface area contributed by atoms with Crippen LogP contribution in [0.5, 0.6) is 5.75 Å². The fourth-order valence-corrected chi connectivity index (χ4v) is 1.72. The van der Waals surface area contributed by atoms with E-state index in [4.69, 9.17) is 10.6 Å². The van der Waals surface area contributed by atoms with Crippen molar-refractivity contribution >= 4 is 0 Å². The summed E-state index contributed by atoms with van der Waals surface area (Å²) in [6, 6.07) is -0.338. The van der Waals surface area contributed by atoms with Gasteiger partial charge in [0.2, 0.25) is 0 Å². The Morgan fingerprint density at radius 2 is 2.47 bits per heavy atom. The number of aryl methyl sites for hydroxylation is 1. The summed E-state index contributed by atoms with van der Waals surface area (Å²) in [5.74, 6) is 6.84. The zero-order valence-corrected chi connectivity index (χ0v) is 9.71. The van der Waals surface area contributed by atoms with E-state index in [1.165, 1.54) is 6.33 Å². The minimum absolute atomic E-state index is 0.338. The molecule has 17 heavy (non-hydrogen) atoms. The number of hydrogen-bond acceptors (Lipinski definition) is 6. The highest BCUT2D eigenvalue weighted by molar-refractivity contribution is 5.31. The molecule has 0 fully saturated rings. The van der Waals surface area contributed by atoms with Crippen LogP contribution in [0.15, 0.2) is 12.5 Å². The molecule has 0 saturated carbocycles.